The number of anilines is 2. The average Bonchev–Trinajstić information content (AvgIpc) is 3.52. The Balaban J connectivity index is 1.86. The van der Waals surface area contributed by atoms with Gasteiger partial charge in [0.15, 0.2) is 23.1 Å². The number of aliphatic hydroxyl groups is 1. The number of carbonyl (C=O) groups is 2. The van der Waals surface area contributed by atoms with Crippen molar-refractivity contribution in [3.63, 3.8) is 0 Å². The predicted octanol–water partition coefficient (Wildman–Crippen LogP) is 5.85. The molecule has 0 radical (unpaired) electrons. The van der Waals surface area contributed by atoms with Crippen molar-refractivity contribution in [3.8, 4) is 17.2 Å². The number of hydrogen-bond acceptors (Lipinski definition) is 8. The molecule has 14 heteroatoms. The number of β-amino-alcohol motifs (C(OH)–C–C–N with tert-alkyl or cyclic N) is 1. The second-order valence-electron chi connectivity index (χ2n) is 12.1. The largest absolute Gasteiger partial charge is 0.494 e. The van der Waals surface area contributed by atoms with Crippen LogP contribution in [0.5, 0.6) is 17.2 Å². The van der Waals surface area contributed by atoms with Crippen LogP contribution >= 0.6 is 0 Å². The van der Waals surface area contributed by atoms with E-state index in [4.69, 9.17) is 18.9 Å². The van der Waals surface area contributed by atoms with Gasteiger partial charge < -0.3 is 38.8 Å². The summed E-state index contributed by atoms with van der Waals surface area (Å²) in [6.07, 6.45) is -5.27. The summed E-state index contributed by atoms with van der Waals surface area (Å²) in [5, 5.41) is 12.1. The number of aliphatic hydroxyl groups excluding tert-OH is 1. The number of methoxy groups -OCH3 is 1. The van der Waals surface area contributed by atoms with Crippen LogP contribution in [0.2, 0.25) is 0 Å². The molecule has 0 aliphatic carbocycles. The monoisotopic (exact) mass is 667 g/mol. The predicted molar refractivity (Wildman–Crippen MR) is 169 cm³/mol. The molecule has 0 spiro atoms. The van der Waals surface area contributed by atoms with Gasteiger partial charge in [-0.15, -0.1) is 0 Å². The first-order valence-electron chi connectivity index (χ1n) is 15.3. The molecule has 2 aromatic carbocycles. The van der Waals surface area contributed by atoms with Crippen LogP contribution in [0.4, 0.5) is 29.1 Å². The van der Waals surface area contributed by atoms with Gasteiger partial charge >= 0.3 is 12.1 Å². The van der Waals surface area contributed by atoms with E-state index in [2.05, 4.69) is 0 Å². The Labute approximate surface area is 270 Å². The molecule has 258 valence electrons. The van der Waals surface area contributed by atoms with Crippen molar-refractivity contribution in [2.75, 3.05) is 50.2 Å². The molecule has 1 aliphatic heterocycles. The fourth-order valence-electron chi connectivity index (χ4n) is 5.68. The molecule has 2 atom stereocenters. The van der Waals surface area contributed by atoms with Crippen molar-refractivity contribution >= 4 is 34.0 Å². The minimum absolute atomic E-state index is 0.0179. The van der Waals surface area contributed by atoms with Crippen LogP contribution in [0.25, 0.3) is 10.8 Å². The molecule has 0 unspecified atom stereocenters. The van der Waals surface area contributed by atoms with E-state index >= 15 is 4.39 Å². The van der Waals surface area contributed by atoms with Crippen molar-refractivity contribution in [1.29, 1.82) is 0 Å². The van der Waals surface area contributed by atoms with Gasteiger partial charge in [-0.25, -0.2) is 4.39 Å². The van der Waals surface area contributed by atoms with Gasteiger partial charge in [-0.05, 0) is 44.4 Å². The second-order valence-corrected chi connectivity index (χ2v) is 12.1. The number of aromatic nitrogens is 1. The van der Waals surface area contributed by atoms with Crippen molar-refractivity contribution in [2.24, 2.45) is 0 Å². The van der Waals surface area contributed by atoms with E-state index in [-0.39, 0.29) is 47.6 Å². The second kappa shape index (κ2) is 14.0. The zero-order valence-electron chi connectivity index (χ0n) is 27.5. The van der Waals surface area contributed by atoms with Crippen LogP contribution in [0.15, 0.2) is 24.4 Å². The molecule has 2 N–H and O–H groups in total. The third-order valence-corrected chi connectivity index (χ3v) is 7.79. The number of benzene rings is 2. The van der Waals surface area contributed by atoms with Gasteiger partial charge in [0.1, 0.15) is 17.7 Å². The summed E-state index contributed by atoms with van der Waals surface area (Å²) in [6.45, 7) is 11.5. The number of nitrogens with zero attached hydrogens (tertiary/aromatic N) is 2. The maximum Gasteiger partial charge on any atom is 0.471 e. The molecule has 2 heterocycles. The summed E-state index contributed by atoms with van der Waals surface area (Å²) in [7, 11) is 1.50. The highest BCUT2D eigenvalue weighted by Gasteiger charge is 2.40. The van der Waals surface area contributed by atoms with Crippen molar-refractivity contribution in [2.45, 2.75) is 71.9 Å². The summed E-state index contributed by atoms with van der Waals surface area (Å²) < 4.78 is 79.7. The highest BCUT2D eigenvalue weighted by atomic mass is 19.4. The molecule has 3 aromatic rings. The van der Waals surface area contributed by atoms with E-state index in [1.165, 1.54) is 19.4 Å². The Morgan fingerprint density at radius 1 is 1.00 bits per heavy atom. The van der Waals surface area contributed by atoms with E-state index in [0.29, 0.717) is 30.2 Å². The number of halogens is 4. The van der Waals surface area contributed by atoms with Crippen LogP contribution < -0.4 is 24.4 Å². The molecule has 1 aromatic heterocycles. The molecule has 0 bridgehead atoms. The van der Waals surface area contributed by atoms with Crippen LogP contribution in [-0.2, 0) is 21.5 Å². The summed E-state index contributed by atoms with van der Waals surface area (Å²) in [4.78, 5) is 28.0. The number of alkyl halides is 3. The molecule has 1 amide bonds. The summed E-state index contributed by atoms with van der Waals surface area (Å²) >= 11 is 0. The number of hydrogen-bond donors (Lipinski definition) is 2. The fraction of sp³-hybridized carbons (Fsp3) is 0.515. The highest BCUT2D eigenvalue weighted by Crippen LogP contribution is 2.43. The van der Waals surface area contributed by atoms with Crippen molar-refractivity contribution in [1.82, 2.24) is 4.57 Å². The van der Waals surface area contributed by atoms with Gasteiger partial charge in [0.25, 0.3) is 0 Å². The Hall–Kier alpha value is -4.04. The lowest BCUT2D eigenvalue weighted by molar-refractivity contribution is -0.167. The first kappa shape index (κ1) is 35.8. The van der Waals surface area contributed by atoms with E-state index < -0.39 is 53.7 Å². The molecular weight excluding hydrogens is 626 g/mol. The first-order chi connectivity index (χ1) is 22.0. The highest BCUT2D eigenvalue weighted by molar-refractivity contribution is 6.06. The van der Waals surface area contributed by atoms with E-state index in [1.807, 2.05) is 32.6 Å². The van der Waals surface area contributed by atoms with Gasteiger partial charge in [-0.3, -0.25) is 9.59 Å². The fourth-order valence-corrected chi connectivity index (χ4v) is 5.68. The SMILES string of the molecule is CCOc1cc2cn(CC(=O)c3cc(N4C[C@H](OCC)[C@@H](O)C4)c(OC)c(C(C)(C)C)c3)c(NC(=O)C(F)(F)F)c2c(F)c1OCC. The van der Waals surface area contributed by atoms with Gasteiger partial charge in [0, 0.05) is 42.4 Å². The Kier molecular flexibility index (Phi) is 10.7. The van der Waals surface area contributed by atoms with Gasteiger partial charge in [0.05, 0.1) is 44.0 Å². The molecule has 4 rings (SSSR count). The Morgan fingerprint density at radius 2 is 1.68 bits per heavy atom. The normalized spacial score (nSPS) is 16.9. The zero-order chi connectivity index (χ0) is 34.8. The van der Waals surface area contributed by atoms with E-state index in [0.717, 1.165) is 4.57 Å². The lowest BCUT2D eigenvalue weighted by atomic mass is 9.84. The van der Waals surface area contributed by atoms with Crippen LogP contribution in [0.1, 0.15) is 57.5 Å². The van der Waals surface area contributed by atoms with Crippen molar-refractivity contribution in [3.05, 3.63) is 41.3 Å². The molecule has 0 saturated carbocycles. The molecule has 47 heavy (non-hydrogen) atoms. The quantitative estimate of drug-likeness (QED) is 0.183. The average molecular weight is 668 g/mol. The minimum Gasteiger partial charge on any atom is -0.494 e. The number of ketones is 1. The number of amides is 1. The molecule has 1 fully saturated rings. The first-order valence-corrected chi connectivity index (χ1v) is 15.3. The number of Topliss-reactive ketones (excluding diaryl/α,β-unsaturated/α-hetero) is 1. The third-order valence-electron chi connectivity index (χ3n) is 7.79. The molecular formula is C33H41F4N3O7. The van der Waals surface area contributed by atoms with E-state index in [9.17, 15) is 27.9 Å². The lowest BCUT2D eigenvalue weighted by Gasteiger charge is -2.29. The number of ether oxygens (including phenoxy) is 4. The maximum absolute atomic E-state index is 15.9. The molecule has 1 aliphatic rings. The summed E-state index contributed by atoms with van der Waals surface area (Å²) in [6, 6.07) is 4.62. The maximum atomic E-state index is 15.9. The third kappa shape index (κ3) is 7.43. The number of rotatable bonds is 12. The van der Waals surface area contributed by atoms with Crippen LogP contribution in [0.3, 0.4) is 0 Å². The Morgan fingerprint density at radius 3 is 2.26 bits per heavy atom. The number of carbonyl (C=O) groups excluding carboxylic acids is 2. The molecule has 10 nitrogen and oxygen atoms in total. The number of nitrogens with one attached hydrogen (secondary N) is 1. The lowest BCUT2D eigenvalue weighted by Crippen LogP contribution is -2.31. The zero-order valence-corrected chi connectivity index (χ0v) is 27.5. The smallest absolute Gasteiger partial charge is 0.471 e. The van der Waals surface area contributed by atoms with Gasteiger partial charge in [-0.2, -0.15) is 13.2 Å². The Bertz CT molecular complexity index is 1630. The van der Waals surface area contributed by atoms with Crippen LogP contribution in [-0.4, -0.2) is 79.8 Å². The van der Waals surface area contributed by atoms with Crippen LogP contribution in [0, 0.1) is 5.82 Å². The summed E-state index contributed by atoms with van der Waals surface area (Å²) in [5.41, 5.74) is 0.876. The topological polar surface area (TPSA) is 111 Å². The van der Waals surface area contributed by atoms with Crippen molar-refractivity contribution < 1.29 is 51.2 Å². The molecule has 1 saturated heterocycles. The van der Waals surface area contributed by atoms with E-state index in [1.54, 1.807) is 31.3 Å². The van der Waals surface area contributed by atoms with Gasteiger partial charge in [0.2, 0.25) is 0 Å². The summed E-state index contributed by atoms with van der Waals surface area (Å²) in [5.74, 6) is -4.31. The minimum atomic E-state index is -5.29. The standard InChI is InChI=1S/C33H41F4N3O7/c1-8-45-24-13-19-14-40(30(38-31(43)33(35,36)37)26(19)27(34)29(24)47-10-3)15-22(41)18-11-20(32(4,5)6)28(44-7)21(12-18)39-16-23(42)25(17-39)46-9-2/h11-14,23,25,42H,8-10,15-17H2,1-7H3,(H,38,43)/t23-,25-/m0/s1. The number of fused-ring (bicyclic) bond motifs is 1. The van der Waals surface area contributed by atoms with Gasteiger partial charge in [-0.1, -0.05) is 20.8 Å².